The van der Waals surface area contributed by atoms with Gasteiger partial charge in [-0.2, -0.15) is 5.26 Å². The number of nitrogen functional groups attached to an aromatic ring is 1. The van der Waals surface area contributed by atoms with E-state index in [0.29, 0.717) is 29.5 Å². The second kappa shape index (κ2) is 7.26. The highest BCUT2D eigenvalue weighted by atomic mass is 16.5. The van der Waals surface area contributed by atoms with Crippen molar-refractivity contribution in [2.45, 2.75) is 26.5 Å². The Morgan fingerprint density at radius 1 is 1.16 bits per heavy atom. The molecule has 2 bridgehead atoms. The first-order valence-electron chi connectivity index (χ1n) is 9.96. The molecule has 7 nitrogen and oxygen atoms in total. The fraction of sp³-hybridized carbons (Fsp3) is 0.167. The van der Waals surface area contributed by atoms with Gasteiger partial charge in [0.25, 0.3) is 0 Å². The van der Waals surface area contributed by atoms with E-state index < -0.39 is 0 Å². The van der Waals surface area contributed by atoms with E-state index in [-0.39, 0.29) is 6.10 Å². The number of ether oxygens (including phenoxy) is 1. The van der Waals surface area contributed by atoms with Gasteiger partial charge in [0.15, 0.2) is 17.3 Å². The quantitative estimate of drug-likeness (QED) is 0.466. The van der Waals surface area contributed by atoms with Crippen LogP contribution in [0.5, 0.6) is 5.75 Å². The van der Waals surface area contributed by atoms with Crippen LogP contribution >= 0.6 is 0 Å². The first-order valence-corrected chi connectivity index (χ1v) is 9.96. The zero-order chi connectivity index (χ0) is 21.5. The van der Waals surface area contributed by atoms with Crippen LogP contribution in [0.15, 0.2) is 55.2 Å². The molecule has 0 radical (unpaired) electrons. The summed E-state index contributed by atoms with van der Waals surface area (Å²) in [5.74, 6) is 0.773. The van der Waals surface area contributed by atoms with Crippen LogP contribution in [0.25, 0.3) is 22.4 Å². The van der Waals surface area contributed by atoms with Gasteiger partial charge >= 0.3 is 0 Å². The topological polar surface area (TPSA) is 103 Å². The number of anilines is 1. The summed E-state index contributed by atoms with van der Waals surface area (Å²) >= 11 is 0. The summed E-state index contributed by atoms with van der Waals surface area (Å²) in [7, 11) is 0. The highest BCUT2D eigenvalue weighted by Gasteiger charge is 2.22. The second-order valence-electron chi connectivity index (χ2n) is 7.67. The van der Waals surface area contributed by atoms with Crippen LogP contribution in [0.1, 0.15) is 35.4 Å². The Morgan fingerprint density at radius 3 is 2.87 bits per heavy atom. The molecule has 5 rings (SSSR count). The number of imidazole rings is 1. The van der Waals surface area contributed by atoms with Crippen molar-refractivity contribution < 1.29 is 4.74 Å². The third-order valence-corrected chi connectivity index (χ3v) is 5.59. The van der Waals surface area contributed by atoms with Gasteiger partial charge in [0.2, 0.25) is 0 Å². The highest BCUT2D eigenvalue weighted by molar-refractivity contribution is 5.73. The van der Waals surface area contributed by atoms with E-state index in [2.05, 4.69) is 46.1 Å². The van der Waals surface area contributed by atoms with Crippen molar-refractivity contribution in [2.24, 2.45) is 0 Å². The Balaban J connectivity index is 1.83. The fourth-order valence-corrected chi connectivity index (χ4v) is 4.07. The molecule has 1 aromatic carbocycles. The van der Waals surface area contributed by atoms with Crippen molar-refractivity contribution in [2.75, 3.05) is 5.73 Å². The van der Waals surface area contributed by atoms with Gasteiger partial charge in [0.1, 0.15) is 12.2 Å². The van der Waals surface area contributed by atoms with Crippen LogP contribution in [0, 0.1) is 18.3 Å². The molecular formula is C24H20N6O. The average Bonchev–Trinajstić information content (AvgIpc) is 3.17. The van der Waals surface area contributed by atoms with Gasteiger partial charge in [-0.05, 0) is 37.1 Å². The molecule has 1 atom stereocenters. The minimum atomic E-state index is -0.276. The van der Waals surface area contributed by atoms with Crippen LogP contribution in [-0.4, -0.2) is 19.5 Å². The molecule has 7 heteroatoms. The maximum atomic E-state index is 9.64. The molecule has 4 aromatic rings. The standard InChI is InChI=1S/C24H20N6O/c1-14-3-4-18-19(7-14)15(2)31-22-8-17(10-28-24(22)26)23-21(9-25)29-13-30(23)12-16-5-6-27-11-20(16)18/h3-8,10-11,13,15H,12H2,1-2H3,(H2,26,28)/t15-/m1/s1. The first kappa shape index (κ1) is 18.8. The predicted octanol–water partition coefficient (Wildman–Crippen LogP) is 4.27. The molecule has 0 aliphatic carbocycles. The van der Waals surface area contributed by atoms with E-state index >= 15 is 0 Å². The smallest absolute Gasteiger partial charge is 0.166 e. The Morgan fingerprint density at radius 2 is 2.03 bits per heavy atom. The second-order valence-corrected chi connectivity index (χ2v) is 7.67. The summed E-state index contributed by atoms with van der Waals surface area (Å²) in [6.45, 7) is 4.59. The van der Waals surface area contributed by atoms with Crippen molar-refractivity contribution in [1.29, 1.82) is 5.26 Å². The Labute approximate surface area is 179 Å². The summed E-state index contributed by atoms with van der Waals surface area (Å²) < 4.78 is 8.25. The number of hydrogen-bond donors (Lipinski definition) is 1. The Kier molecular flexibility index (Phi) is 4.41. The lowest BCUT2D eigenvalue weighted by Gasteiger charge is -2.23. The zero-order valence-corrected chi connectivity index (χ0v) is 17.2. The van der Waals surface area contributed by atoms with E-state index in [1.165, 1.54) is 0 Å². The van der Waals surface area contributed by atoms with Gasteiger partial charge in [0.05, 0.1) is 12.0 Å². The summed E-state index contributed by atoms with van der Waals surface area (Å²) in [5.41, 5.74) is 13.2. The molecule has 0 unspecified atom stereocenters. The normalized spacial score (nSPS) is 14.7. The van der Waals surface area contributed by atoms with Crippen molar-refractivity contribution in [3.8, 4) is 34.2 Å². The average molecular weight is 408 g/mol. The monoisotopic (exact) mass is 408 g/mol. The van der Waals surface area contributed by atoms with Crippen LogP contribution in [0.3, 0.4) is 0 Å². The molecule has 4 heterocycles. The van der Waals surface area contributed by atoms with Gasteiger partial charge in [-0.3, -0.25) is 4.98 Å². The SMILES string of the molecule is Cc1ccc2c(c1)[C@@H](C)Oc1cc(cnc1N)-c1c(C#N)ncn1Cc1ccncc1-2. The summed E-state index contributed by atoms with van der Waals surface area (Å²) in [6, 6.07) is 12.3. The first-order chi connectivity index (χ1) is 15.0. The lowest BCUT2D eigenvalue weighted by molar-refractivity contribution is 0.228. The number of hydrogen-bond acceptors (Lipinski definition) is 6. The summed E-state index contributed by atoms with van der Waals surface area (Å²) in [6.07, 6.45) is 6.71. The number of fused-ring (bicyclic) bond motifs is 7. The molecule has 0 spiro atoms. The maximum Gasteiger partial charge on any atom is 0.166 e. The summed E-state index contributed by atoms with van der Waals surface area (Å²) in [4.78, 5) is 13.0. The Hall–Kier alpha value is -4.18. The minimum Gasteiger partial charge on any atom is -0.482 e. The molecule has 1 aliphatic rings. The van der Waals surface area contributed by atoms with E-state index in [0.717, 1.165) is 33.4 Å². The largest absolute Gasteiger partial charge is 0.482 e. The van der Waals surface area contributed by atoms with Gasteiger partial charge in [-0.25, -0.2) is 9.97 Å². The number of pyridine rings is 2. The van der Waals surface area contributed by atoms with Crippen molar-refractivity contribution >= 4 is 5.82 Å². The van der Waals surface area contributed by atoms with Crippen LogP contribution in [0.4, 0.5) is 5.82 Å². The van der Waals surface area contributed by atoms with Gasteiger partial charge in [-0.15, -0.1) is 0 Å². The molecule has 0 fully saturated rings. The molecule has 2 N–H and O–H groups in total. The van der Waals surface area contributed by atoms with Crippen LogP contribution in [0.2, 0.25) is 0 Å². The fourth-order valence-electron chi connectivity index (χ4n) is 4.07. The molecular weight excluding hydrogens is 388 g/mol. The lowest BCUT2D eigenvalue weighted by Crippen LogP contribution is -2.10. The molecule has 0 amide bonds. The summed E-state index contributed by atoms with van der Waals surface area (Å²) in [5, 5.41) is 9.64. The van der Waals surface area contributed by atoms with E-state index in [4.69, 9.17) is 10.5 Å². The number of benzene rings is 1. The molecule has 152 valence electrons. The molecule has 0 saturated carbocycles. The van der Waals surface area contributed by atoms with E-state index in [1.807, 2.05) is 29.8 Å². The van der Waals surface area contributed by atoms with Gasteiger partial charge in [-0.1, -0.05) is 23.8 Å². The molecule has 3 aromatic heterocycles. The zero-order valence-electron chi connectivity index (χ0n) is 17.2. The van der Waals surface area contributed by atoms with E-state index in [9.17, 15) is 5.26 Å². The number of nitriles is 1. The molecule has 1 aliphatic heterocycles. The van der Waals surface area contributed by atoms with Crippen molar-refractivity contribution in [1.82, 2.24) is 19.5 Å². The third-order valence-electron chi connectivity index (χ3n) is 5.59. The molecule has 31 heavy (non-hydrogen) atoms. The maximum absolute atomic E-state index is 9.64. The number of nitrogens with two attached hydrogens (primary N) is 1. The molecule has 0 saturated heterocycles. The van der Waals surface area contributed by atoms with Crippen molar-refractivity contribution in [3.63, 3.8) is 0 Å². The highest BCUT2D eigenvalue weighted by Crippen LogP contribution is 2.37. The predicted molar refractivity (Wildman–Crippen MR) is 117 cm³/mol. The minimum absolute atomic E-state index is 0.276. The number of rotatable bonds is 0. The number of aryl methyl sites for hydroxylation is 1. The van der Waals surface area contributed by atoms with Crippen molar-refractivity contribution in [3.05, 3.63) is 77.6 Å². The van der Waals surface area contributed by atoms with E-state index in [1.54, 1.807) is 18.7 Å². The number of nitrogens with zero attached hydrogens (tertiary/aromatic N) is 5. The Bertz CT molecular complexity index is 1350. The third kappa shape index (κ3) is 3.19. The number of aromatic nitrogens is 4. The van der Waals surface area contributed by atoms with Crippen LogP contribution < -0.4 is 10.5 Å². The van der Waals surface area contributed by atoms with Gasteiger partial charge < -0.3 is 15.0 Å². The van der Waals surface area contributed by atoms with Gasteiger partial charge in [0, 0.05) is 41.8 Å². The van der Waals surface area contributed by atoms with Crippen LogP contribution in [-0.2, 0) is 6.54 Å². The lowest BCUT2D eigenvalue weighted by atomic mass is 9.93.